The first-order valence-corrected chi connectivity index (χ1v) is 7.69. The fourth-order valence-electron chi connectivity index (χ4n) is 3.30. The van der Waals surface area contributed by atoms with Crippen LogP contribution >= 0.6 is 0 Å². The highest BCUT2D eigenvalue weighted by atomic mass is 19.1. The molecule has 2 aliphatic heterocycles. The lowest BCUT2D eigenvalue weighted by Crippen LogP contribution is -2.50. The summed E-state index contributed by atoms with van der Waals surface area (Å²) in [5, 5.41) is 3.59. The predicted molar refractivity (Wildman–Crippen MR) is 80.6 cm³/mol. The van der Waals surface area contributed by atoms with Gasteiger partial charge in [-0.2, -0.15) is 0 Å². The van der Waals surface area contributed by atoms with Crippen molar-refractivity contribution in [3.8, 4) is 0 Å². The summed E-state index contributed by atoms with van der Waals surface area (Å²) in [4.78, 5) is 4.67. The Morgan fingerprint density at radius 1 is 1.20 bits per heavy atom. The fourth-order valence-corrected chi connectivity index (χ4v) is 3.30. The van der Waals surface area contributed by atoms with E-state index >= 15 is 0 Å². The van der Waals surface area contributed by atoms with Crippen molar-refractivity contribution >= 4 is 5.69 Å². The highest BCUT2D eigenvalue weighted by Gasteiger charge is 2.27. The summed E-state index contributed by atoms with van der Waals surface area (Å²) in [5.74, 6) is 0.673. The van der Waals surface area contributed by atoms with Gasteiger partial charge in [0.2, 0.25) is 0 Å². The standard InChI is InChI=1S/C16H24FN3/c1-13-6-7-18-15(13)12-19-8-10-20(11-9-19)16-5-3-2-4-14(16)17/h2-5,13,15,18H,6-12H2,1H3. The number of piperazine rings is 1. The van der Waals surface area contributed by atoms with E-state index < -0.39 is 0 Å². The molecule has 3 rings (SSSR count). The van der Waals surface area contributed by atoms with Crippen LogP contribution in [0.25, 0.3) is 0 Å². The van der Waals surface area contributed by atoms with Gasteiger partial charge in [-0.3, -0.25) is 4.90 Å². The summed E-state index contributed by atoms with van der Waals surface area (Å²) in [6.07, 6.45) is 1.29. The van der Waals surface area contributed by atoms with Gasteiger partial charge in [-0.15, -0.1) is 0 Å². The second-order valence-electron chi connectivity index (χ2n) is 6.07. The van der Waals surface area contributed by atoms with Gasteiger partial charge in [0.15, 0.2) is 0 Å². The molecule has 0 radical (unpaired) electrons. The minimum Gasteiger partial charge on any atom is -0.367 e. The molecule has 1 aromatic rings. The largest absolute Gasteiger partial charge is 0.367 e. The Hall–Kier alpha value is -1.13. The van der Waals surface area contributed by atoms with Crippen LogP contribution in [-0.2, 0) is 0 Å². The van der Waals surface area contributed by atoms with Crippen molar-refractivity contribution in [2.45, 2.75) is 19.4 Å². The van der Waals surface area contributed by atoms with Gasteiger partial charge in [-0.25, -0.2) is 4.39 Å². The summed E-state index contributed by atoms with van der Waals surface area (Å²) in [5.41, 5.74) is 0.750. The fraction of sp³-hybridized carbons (Fsp3) is 0.625. The molecule has 0 spiro atoms. The van der Waals surface area contributed by atoms with Crippen LogP contribution in [0, 0.1) is 11.7 Å². The SMILES string of the molecule is CC1CCNC1CN1CCN(c2ccccc2F)CC1. The second kappa shape index (κ2) is 6.10. The van der Waals surface area contributed by atoms with Crippen molar-refractivity contribution in [1.82, 2.24) is 10.2 Å². The summed E-state index contributed by atoms with van der Waals surface area (Å²) >= 11 is 0. The summed E-state index contributed by atoms with van der Waals surface area (Å²) in [7, 11) is 0. The first kappa shape index (κ1) is 13.8. The lowest BCUT2D eigenvalue weighted by molar-refractivity contribution is 0.221. The minimum atomic E-state index is -0.105. The van der Waals surface area contributed by atoms with Gasteiger partial charge >= 0.3 is 0 Å². The third kappa shape index (κ3) is 2.96. The van der Waals surface area contributed by atoms with Crippen molar-refractivity contribution < 1.29 is 4.39 Å². The molecule has 2 heterocycles. The van der Waals surface area contributed by atoms with E-state index in [4.69, 9.17) is 0 Å². The predicted octanol–water partition coefficient (Wildman–Crippen LogP) is 1.95. The third-order valence-corrected chi connectivity index (χ3v) is 4.71. The number of halogens is 1. The topological polar surface area (TPSA) is 18.5 Å². The molecule has 0 saturated carbocycles. The summed E-state index contributed by atoms with van der Waals surface area (Å²) in [6, 6.07) is 7.73. The van der Waals surface area contributed by atoms with Crippen molar-refractivity contribution in [2.24, 2.45) is 5.92 Å². The average molecular weight is 277 g/mol. The molecule has 0 bridgehead atoms. The van der Waals surface area contributed by atoms with Gasteiger partial charge in [0.1, 0.15) is 5.82 Å². The molecular weight excluding hydrogens is 253 g/mol. The van der Waals surface area contributed by atoms with Crippen molar-refractivity contribution in [1.29, 1.82) is 0 Å². The zero-order chi connectivity index (χ0) is 13.9. The summed E-state index contributed by atoms with van der Waals surface area (Å²) < 4.78 is 13.8. The molecule has 1 N–H and O–H groups in total. The molecule has 1 aromatic carbocycles. The summed E-state index contributed by atoms with van der Waals surface area (Å²) in [6.45, 7) is 8.51. The number of hydrogen-bond donors (Lipinski definition) is 1. The second-order valence-corrected chi connectivity index (χ2v) is 6.07. The molecule has 2 unspecified atom stereocenters. The van der Waals surface area contributed by atoms with Crippen LogP contribution in [0.3, 0.4) is 0 Å². The maximum Gasteiger partial charge on any atom is 0.146 e. The van der Waals surface area contributed by atoms with Crippen LogP contribution in [-0.4, -0.2) is 50.2 Å². The molecular formula is C16H24FN3. The van der Waals surface area contributed by atoms with Crippen LogP contribution in [0.2, 0.25) is 0 Å². The van der Waals surface area contributed by atoms with E-state index in [1.165, 1.54) is 6.42 Å². The number of nitrogens with one attached hydrogen (secondary N) is 1. The van der Waals surface area contributed by atoms with Crippen LogP contribution in [0.4, 0.5) is 10.1 Å². The Bertz CT molecular complexity index is 443. The molecule has 2 atom stereocenters. The van der Waals surface area contributed by atoms with E-state index in [1.54, 1.807) is 12.1 Å². The van der Waals surface area contributed by atoms with Crippen LogP contribution < -0.4 is 10.2 Å². The molecule has 2 saturated heterocycles. The van der Waals surface area contributed by atoms with E-state index in [-0.39, 0.29) is 5.82 Å². The third-order valence-electron chi connectivity index (χ3n) is 4.71. The Morgan fingerprint density at radius 3 is 2.60 bits per heavy atom. The number of rotatable bonds is 3. The van der Waals surface area contributed by atoms with Gasteiger partial charge in [-0.05, 0) is 31.0 Å². The number of nitrogens with zero attached hydrogens (tertiary/aromatic N) is 2. The maximum absolute atomic E-state index is 13.8. The molecule has 2 fully saturated rings. The first-order chi connectivity index (χ1) is 9.74. The van der Waals surface area contributed by atoms with Crippen LogP contribution in [0.15, 0.2) is 24.3 Å². The van der Waals surface area contributed by atoms with Crippen molar-refractivity contribution in [3.63, 3.8) is 0 Å². The quantitative estimate of drug-likeness (QED) is 0.911. The normalized spacial score (nSPS) is 28.0. The van der Waals surface area contributed by atoms with Gasteiger partial charge in [0, 0.05) is 38.8 Å². The van der Waals surface area contributed by atoms with Gasteiger partial charge in [-0.1, -0.05) is 19.1 Å². The molecule has 0 aromatic heterocycles. The van der Waals surface area contributed by atoms with Gasteiger partial charge in [0.05, 0.1) is 5.69 Å². The average Bonchev–Trinajstić information content (AvgIpc) is 2.86. The molecule has 4 heteroatoms. The first-order valence-electron chi connectivity index (χ1n) is 7.69. The lowest BCUT2D eigenvalue weighted by atomic mass is 10.0. The van der Waals surface area contributed by atoms with Gasteiger partial charge < -0.3 is 10.2 Å². The smallest absolute Gasteiger partial charge is 0.146 e. The minimum absolute atomic E-state index is 0.105. The maximum atomic E-state index is 13.8. The molecule has 3 nitrogen and oxygen atoms in total. The monoisotopic (exact) mass is 277 g/mol. The van der Waals surface area contributed by atoms with Crippen LogP contribution in [0.5, 0.6) is 0 Å². The number of para-hydroxylation sites is 1. The zero-order valence-electron chi connectivity index (χ0n) is 12.2. The van der Waals surface area contributed by atoms with E-state index in [2.05, 4.69) is 22.0 Å². The van der Waals surface area contributed by atoms with E-state index in [9.17, 15) is 4.39 Å². The zero-order valence-corrected chi connectivity index (χ0v) is 12.2. The molecule has 2 aliphatic rings. The molecule has 0 aliphatic carbocycles. The number of anilines is 1. The Labute approximate surface area is 120 Å². The Balaban J connectivity index is 1.53. The van der Waals surface area contributed by atoms with E-state index in [0.29, 0.717) is 6.04 Å². The lowest BCUT2D eigenvalue weighted by Gasteiger charge is -2.37. The van der Waals surface area contributed by atoms with Crippen LogP contribution in [0.1, 0.15) is 13.3 Å². The van der Waals surface area contributed by atoms with Gasteiger partial charge in [0.25, 0.3) is 0 Å². The number of hydrogen-bond acceptors (Lipinski definition) is 3. The molecule has 110 valence electrons. The Morgan fingerprint density at radius 2 is 1.95 bits per heavy atom. The number of benzene rings is 1. The Kier molecular flexibility index (Phi) is 4.22. The highest BCUT2D eigenvalue weighted by Crippen LogP contribution is 2.21. The van der Waals surface area contributed by atoms with Crippen molar-refractivity contribution in [2.75, 3.05) is 44.2 Å². The molecule has 0 amide bonds. The van der Waals surface area contributed by atoms with E-state index in [0.717, 1.165) is 50.9 Å². The van der Waals surface area contributed by atoms with Crippen molar-refractivity contribution in [3.05, 3.63) is 30.1 Å². The highest BCUT2D eigenvalue weighted by molar-refractivity contribution is 5.47. The molecule has 20 heavy (non-hydrogen) atoms. The van der Waals surface area contributed by atoms with E-state index in [1.807, 2.05) is 12.1 Å².